The SMILES string of the molecule is c1ccc(-c2cccc(-c3cc(-c4ccc(-c5ccc(-c6cc(-c7ccccc7)c7c(ccc8ccccc87)n6)cc5)cc4)nc(-c4cccc(-c5ccccc5)c4)n3)c2)cc1. The van der Waals surface area contributed by atoms with Crippen LogP contribution in [0.5, 0.6) is 0 Å². The lowest BCUT2D eigenvalue weighted by Crippen LogP contribution is -1.96. The molecule has 290 valence electrons. The van der Waals surface area contributed by atoms with Crippen molar-refractivity contribution >= 4 is 21.7 Å². The Labute approximate surface area is 361 Å². The Bertz CT molecular complexity index is 3260. The number of pyridine rings is 1. The Hall–Kier alpha value is -8.27. The second-order valence-electron chi connectivity index (χ2n) is 15.6. The molecule has 0 atom stereocenters. The van der Waals surface area contributed by atoms with Gasteiger partial charge in [-0.2, -0.15) is 0 Å². The average Bonchev–Trinajstić information content (AvgIpc) is 3.37. The quantitative estimate of drug-likeness (QED) is 0.144. The van der Waals surface area contributed by atoms with Gasteiger partial charge < -0.3 is 0 Å². The van der Waals surface area contributed by atoms with Gasteiger partial charge in [0.1, 0.15) is 0 Å². The Morgan fingerprint density at radius 2 is 0.677 bits per heavy atom. The molecule has 0 fully saturated rings. The van der Waals surface area contributed by atoms with Crippen LogP contribution in [-0.2, 0) is 0 Å². The minimum Gasteiger partial charge on any atom is -0.248 e. The van der Waals surface area contributed by atoms with E-state index in [4.69, 9.17) is 15.0 Å². The number of rotatable bonds is 8. The molecule has 0 saturated carbocycles. The molecule has 11 aromatic rings. The van der Waals surface area contributed by atoms with Gasteiger partial charge in [-0.3, -0.25) is 0 Å². The van der Waals surface area contributed by atoms with Crippen LogP contribution in [0.2, 0.25) is 0 Å². The third-order valence-corrected chi connectivity index (χ3v) is 11.7. The maximum atomic E-state index is 5.22. The van der Waals surface area contributed by atoms with Gasteiger partial charge in [0.2, 0.25) is 0 Å². The zero-order chi connectivity index (χ0) is 41.2. The fourth-order valence-corrected chi connectivity index (χ4v) is 8.50. The Morgan fingerprint density at radius 1 is 0.242 bits per heavy atom. The molecule has 0 amide bonds. The van der Waals surface area contributed by atoms with Crippen molar-refractivity contribution in [2.45, 2.75) is 0 Å². The predicted octanol–water partition coefficient (Wildman–Crippen LogP) is 15.5. The number of hydrogen-bond acceptors (Lipinski definition) is 3. The van der Waals surface area contributed by atoms with Gasteiger partial charge in [-0.25, -0.2) is 15.0 Å². The maximum Gasteiger partial charge on any atom is 0.160 e. The summed E-state index contributed by atoms with van der Waals surface area (Å²) in [4.78, 5) is 15.6. The summed E-state index contributed by atoms with van der Waals surface area (Å²) >= 11 is 0. The first kappa shape index (κ1) is 36.8. The van der Waals surface area contributed by atoms with Gasteiger partial charge >= 0.3 is 0 Å². The topological polar surface area (TPSA) is 38.7 Å². The highest BCUT2D eigenvalue weighted by Gasteiger charge is 2.15. The molecular weight excluding hydrogens is 751 g/mol. The van der Waals surface area contributed by atoms with E-state index < -0.39 is 0 Å². The zero-order valence-electron chi connectivity index (χ0n) is 33.9. The van der Waals surface area contributed by atoms with Gasteiger partial charge in [-0.1, -0.05) is 206 Å². The largest absolute Gasteiger partial charge is 0.248 e. The zero-order valence-corrected chi connectivity index (χ0v) is 33.9. The molecule has 0 spiro atoms. The van der Waals surface area contributed by atoms with Crippen LogP contribution in [0.25, 0.3) is 111 Å². The highest BCUT2D eigenvalue weighted by atomic mass is 14.9. The van der Waals surface area contributed by atoms with Crippen molar-refractivity contribution in [2.24, 2.45) is 0 Å². The summed E-state index contributed by atoms with van der Waals surface area (Å²) in [5.74, 6) is 0.686. The van der Waals surface area contributed by atoms with E-state index in [9.17, 15) is 0 Å². The molecule has 2 heterocycles. The monoisotopic (exact) mass is 789 g/mol. The highest BCUT2D eigenvalue weighted by molar-refractivity contribution is 6.13. The molecule has 0 aliphatic rings. The van der Waals surface area contributed by atoms with Crippen molar-refractivity contribution < 1.29 is 0 Å². The number of nitrogens with zero attached hydrogens (tertiary/aromatic N) is 3. The van der Waals surface area contributed by atoms with E-state index in [2.05, 4.69) is 224 Å². The maximum absolute atomic E-state index is 5.22. The number of benzene rings is 9. The summed E-state index contributed by atoms with van der Waals surface area (Å²) in [6, 6.07) is 83.4. The smallest absolute Gasteiger partial charge is 0.160 e. The van der Waals surface area contributed by atoms with E-state index >= 15 is 0 Å². The van der Waals surface area contributed by atoms with E-state index in [1.165, 1.54) is 32.8 Å². The van der Waals surface area contributed by atoms with Gasteiger partial charge in [-0.05, 0) is 85.6 Å². The molecule has 2 aromatic heterocycles. The van der Waals surface area contributed by atoms with E-state index in [1.807, 2.05) is 12.1 Å². The summed E-state index contributed by atoms with van der Waals surface area (Å²) in [5.41, 5.74) is 17.0. The van der Waals surface area contributed by atoms with Crippen molar-refractivity contribution in [2.75, 3.05) is 0 Å². The lowest BCUT2D eigenvalue weighted by atomic mass is 9.94. The van der Waals surface area contributed by atoms with Crippen LogP contribution in [0.1, 0.15) is 0 Å². The van der Waals surface area contributed by atoms with E-state index in [1.54, 1.807) is 0 Å². The van der Waals surface area contributed by atoms with Crippen molar-refractivity contribution in [1.29, 1.82) is 0 Å². The van der Waals surface area contributed by atoms with Crippen LogP contribution in [0.4, 0.5) is 0 Å². The van der Waals surface area contributed by atoms with E-state index in [0.29, 0.717) is 5.82 Å². The number of hydrogen-bond donors (Lipinski definition) is 0. The number of fused-ring (bicyclic) bond motifs is 3. The fourth-order valence-electron chi connectivity index (χ4n) is 8.50. The molecule has 0 N–H and O–H groups in total. The minimum atomic E-state index is 0.686. The van der Waals surface area contributed by atoms with Crippen molar-refractivity contribution in [3.63, 3.8) is 0 Å². The third kappa shape index (κ3) is 7.23. The first-order valence-electron chi connectivity index (χ1n) is 21.0. The normalized spacial score (nSPS) is 11.2. The second kappa shape index (κ2) is 16.1. The molecule has 0 unspecified atom stereocenters. The van der Waals surface area contributed by atoms with Crippen LogP contribution >= 0.6 is 0 Å². The molecule has 3 nitrogen and oxygen atoms in total. The predicted molar refractivity (Wildman–Crippen MR) is 258 cm³/mol. The molecule has 9 aromatic carbocycles. The molecule has 0 bridgehead atoms. The van der Waals surface area contributed by atoms with Crippen molar-refractivity contribution in [3.05, 3.63) is 237 Å². The van der Waals surface area contributed by atoms with Crippen LogP contribution in [0.15, 0.2) is 237 Å². The summed E-state index contributed by atoms with van der Waals surface area (Å²) < 4.78 is 0. The molecule has 0 radical (unpaired) electrons. The van der Waals surface area contributed by atoms with Gasteiger partial charge in [0.15, 0.2) is 5.82 Å². The Morgan fingerprint density at radius 3 is 1.29 bits per heavy atom. The fraction of sp³-hybridized carbons (Fsp3) is 0. The Balaban J connectivity index is 0.945. The molecule has 3 heteroatoms. The molecule has 62 heavy (non-hydrogen) atoms. The molecule has 0 aliphatic heterocycles. The van der Waals surface area contributed by atoms with Crippen LogP contribution in [-0.4, -0.2) is 15.0 Å². The van der Waals surface area contributed by atoms with Crippen LogP contribution < -0.4 is 0 Å². The summed E-state index contributed by atoms with van der Waals surface area (Å²) in [6.07, 6.45) is 0. The van der Waals surface area contributed by atoms with Gasteiger partial charge in [0.05, 0.1) is 22.6 Å². The van der Waals surface area contributed by atoms with Crippen LogP contribution in [0, 0.1) is 0 Å². The molecular formula is C59H39N3. The van der Waals surface area contributed by atoms with Crippen molar-refractivity contribution in [1.82, 2.24) is 15.0 Å². The van der Waals surface area contributed by atoms with Gasteiger partial charge in [0, 0.05) is 27.6 Å². The summed E-state index contributed by atoms with van der Waals surface area (Å²) in [7, 11) is 0. The van der Waals surface area contributed by atoms with Gasteiger partial charge in [0.25, 0.3) is 0 Å². The second-order valence-corrected chi connectivity index (χ2v) is 15.6. The first-order chi connectivity index (χ1) is 30.7. The minimum absolute atomic E-state index is 0.686. The number of aromatic nitrogens is 3. The third-order valence-electron chi connectivity index (χ3n) is 11.7. The Kier molecular flexibility index (Phi) is 9.53. The summed E-state index contributed by atoms with van der Waals surface area (Å²) in [6.45, 7) is 0. The molecule has 11 rings (SSSR count). The lowest BCUT2D eigenvalue weighted by molar-refractivity contribution is 1.18. The van der Waals surface area contributed by atoms with E-state index in [-0.39, 0.29) is 0 Å². The molecule has 0 saturated heterocycles. The van der Waals surface area contributed by atoms with E-state index in [0.717, 1.165) is 72.7 Å². The average molecular weight is 790 g/mol. The van der Waals surface area contributed by atoms with Gasteiger partial charge in [-0.15, -0.1) is 0 Å². The standard InChI is InChI=1S/C59H39N3/c1-4-14-40(15-5-1)48-21-12-23-50(36-48)57-39-56(61-59(62-57)51-24-13-22-49(37-51)41-16-6-2-7-17-41)47-32-28-43(29-33-47)42-26-30-46(31-27-42)55-38-53(44-18-8-3-9-19-44)58-52-25-11-10-20-45(52)34-35-54(58)60-55/h1-39H. The van der Waals surface area contributed by atoms with Crippen molar-refractivity contribution in [3.8, 4) is 89.7 Å². The highest BCUT2D eigenvalue weighted by Crippen LogP contribution is 2.38. The summed E-state index contributed by atoms with van der Waals surface area (Å²) in [5, 5.41) is 3.61. The van der Waals surface area contributed by atoms with Crippen LogP contribution in [0.3, 0.4) is 0 Å². The first-order valence-corrected chi connectivity index (χ1v) is 21.0. The lowest BCUT2D eigenvalue weighted by Gasteiger charge is -2.13. The molecule has 0 aliphatic carbocycles.